The van der Waals surface area contributed by atoms with E-state index in [1.165, 1.54) is 10.5 Å². The molecule has 8 nitrogen and oxygen atoms in total. The average Bonchev–Trinajstić information content (AvgIpc) is 2.80. The lowest BCUT2D eigenvalue weighted by Gasteiger charge is -2.13. The Morgan fingerprint density at radius 1 is 1.00 bits per heavy atom. The number of benzene rings is 2. The number of carbonyl (C=O) groups is 1. The van der Waals surface area contributed by atoms with E-state index in [1.54, 1.807) is 60.8 Å². The molecule has 0 bridgehead atoms. The van der Waals surface area contributed by atoms with Crippen molar-refractivity contribution in [3.63, 3.8) is 0 Å². The van der Waals surface area contributed by atoms with E-state index in [9.17, 15) is 9.59 Å². The molecule has 0 fully saturated rings. The van der Waals surface area contributed by atoms with Gasteiger partial charge in [0.1, 0.15) is 23.8 Å². The van der Waals surface area contributed by atoms with Crippen molar-refractivity contribution in [1.29, 1.82) is 0 Å². The Bertz CT molecular complexity index is 1330. The summed E-state index contributed by atoms with van der Waals surface area (Å²) in [6.45, 7) is 4.49. The second-order valence-electron chi connectivity index (χ2n) is 7.34. The van der Waals surface area contributed by atoms with Gasteiger partial charge in [0, 0.05) is 18.0 Å². The highest BCUT2D eigenvalue weighted by Crippen LogP contribution is 2.25. The molecule has 2 aromatic carbocycles. The standard InChI is InChI=1S/C25H24N4O4/c1-3-32-20-11-9-18(10-12-20)27-25(31)28-21-6-4-5-7-22(21)33-16-19-14-24(30)29-15-17(2)8-13-23(29)26-19/h4-15H,3,16H2,1-2H3,(H2,27,28,31). The molecule has 8 heteroatoms. The zero-order valence-electron chi connectivity index (χ0n) is 18.4. The molecule has 2 heterocycles. The Balaban J connectivity index is 1.43. The smallest absolute Gasteiger partial charge is 0.323 e. The number of amides is 2. The summed E-state index contributed by atoms with van der Waals surface area (Å²) in [5.41, 5.74) is 2.96. The van der Waals surface area contributed by atoms with Gasteiger partial charge in [-0.2, -0.15) is 0 Å². The van der Waals surface area contributed by atoms with Gasteiger partial charge in [0.05, 0.1) is 18.0 Å². The number of urea groups is 1. The summed E-state index contributed by atoms with van der Waals surface area (Å²) in [5.74, 6) is 1.20. The van der Waals surface area contributed by atoms with Gasteiger partial charge in [0.15, 0.2) is 0 Å². The number of aromatic nitrogens is 2. The molecule has 0 aliphatic heterocycles. The maximum Gasteiger partial charge on any atom is 0.323 e. The number of nitrogens with zero attached hydrogens (tertiary/aromatic N) is 2. The van der Waals surface area contributed by atoms with Crippen molar-refractivity contribution < 1.29 is 14.3 Å². The highest BCUT2D eigenvalue weighted by atomic mass is 16.5. The van der Waals surface area contributed by atoms with Crippen LogP contribution in [0.5, 0.6) is 11.5 Å². The normalized spacial score (nSPS) is 10.6. The third-order valence-electron chi connectivity index (χ3n) is 4.79. The molecule has 168 valence electrons. The van der Waals surface area contributed by atoms with Gasteiger partial charge in [0.2, 0.25) is 0 Å². The predicted octanol–water partition coefficient (Wildman–Crippen LogP) is 4.62. The molecule has 33 heavy (non-hydrogen) atoms. The van der Waals surface area contributed by atoms with Gasteiger partial charge in [-0.25, -0.2) is 9.78 Å². The van der Waals surface area contributed by atoms with Gasteiger partial charge in [0.25, 0.3) is 5.56 Å². The first kappa shape index (κ1) is 21.9. The third kappa shape index (κ3) is 5.48. The van der Waals surface area contributed by atoms with Gasteiger partial charge < -0.3 is 20.1 Å². The van der Waals surface area contributed by atoms with Crippen molar-refractivity contribution in [2.75, 3.05) is 17.2 Å². The summed E-state index contributed by atoms with van der Waals surface area (Å²) in [6, 6.07) is 18.9. The number of anilines is 2. The van der Waals surface area contributed by atoms with Crippen LogP contribution in [0.25, 0.3) is 5.65 Å². The third-order valence-corrected chi connectivity index (χ3v) is 4.79. The van der Waals surface area contributed by atoms with Crippen LogP contribution in [0.4, 0.5) is 16.2 Å². The monoisotopic (exact) mass is 444 g/mol. The molecule has 4 rings (SSSR count). The Kier molecular flexibility index (Phi) is 6.54. The minimum Gasteiger partial charge on any atom is -0.494 e. The van der Waals surface area contributed by atoms with Crippen LogP contribution in [0.15, 0.2) is 77.7 Å². The Hall–Kier alpha value is -4.33. The molecule has 0 saturated carbocycles. The molecule has 2 N–H and O–H groups in total. The number of ether oxygens (including phenoxy) is 2. The fourth-order valence-corrected chi connectivity index (χ4v) is 3.27. The van der Waals surface area contributed by atoms with Crippen molar-refractivity contribution in [1.82, 2.24) is 9.38 Å². The van der Waals surface area contributed by atoms with Crippen molar-refractivity contribution in [2.45, 2.75) is 20.5 Å². The maximum atomic E-state index is 12.5. The van der Waals surface area contributed by atoms with Crippen LogP contribution in [0, 0.1) is 6.92 Å². The quantitative estimate of drug-likeness (QED) is 0.434. The molecular formula is C25H24N4O4. The van der Waals surface area contributed by atoms with Crippen LogP contribution in [-0.4, -0.2) is 22.0 Å². The highest BCUT2D eigenvalue weighted by molar-refractivity contribution is 6.00. The lowest BCUT2D eigenvalue weighted by Crippen LogP contribution is -2.20. The zero-order valence-corrected chi connectivity index (χ0v) is 18.4. The summed E-state index contributed by atoms with van der Waals surface area (Å²) in [7, 11) is 0. The van der Waals surface area contributed by atoms with Crippen molar-refractivity contribution in [3.8, 4) is 11.5 Å². The topological polar surface area (TPSA) is 94.0 Å². The molecule has 4 aromatic rings. The first-order chi connectivity index (χ1) is 16.0. The van der Waals surface area contributed by atoms with Gasteiger partial charge in [-0.05, 0) is 61.9 Å². The Labute approximate surface area is 190 Å². The van der Waals surface area contributed by atoms with E-state index in [-0.39, 0.29) is 12.2 Å². The molecule has 0 radical (unpaired) electrons. The summed E-state index contributed by atoms with van der Waals surface area (Å²) < 4.78 is 12.8. The summed E-state index contributed by atoms with van der Waals surface area (Å²) >= 11 is 0. The number of rotatable bonds is 7. The molecule has 0 aliphatic carbocycles. The van der Waals surface area contributed by atoms with E-state index in [0.717, 1.165) is 11.3 Å². The number of aryl methyl sites for hydroxylation is 1. The molecule has 0 saturated heterocycles. The number of para-hydroxylation sites is 2. The minimum absolute atomic E-state index is 0.0822. The zero-order chi connectivity index (χ0) is 23.2. The lowest BCUT2D eigenvalue weighted by atomic mass is 10.3. The molecule has 2 amide bonds. The van der Waals surface area contributed by atoms with E-state index >= 15 is 0 Å². The van der Waals surface area contributed by atoms with Crippen LogP contribution in [0.3, 0.4) is 0 Å². The highest BCUT2D eigenvalue weighted by Gasteiger charge is 2.10. The number of fused-ring (bicyclic) bond motifs is 1. The average molecular weight is 444 g/mol. The van der Waals surface area contributed by atoms with Gasteiger partial charge >= 0.3 is 6.03 Å². The fourth-order valence-electron chi connectivity index (χ4n) is 3.27. The number of nitrogens with one attached hydrogen (secondary N) is 2. The van der Waals surface area contributed by atoms with E-state index in [0.29, 0.717) is 35.1 Å². The van der Waals surface area contributed by atoms with E-state index in [2.05, 4.69) is 15.6 Å². The van der Waals surface area contributed by atoms with Gasteiger partial charge in [-0.15, -0.1) is 0 Å². The first-order valence-corrected chi connectivity index (χ1v) is 10.5. The van der Waals surface area contributed by atoms with Crippen LogP contribution >= 0.6 is 0 Å². The molecular weight excluding hydrogens is 420 g/mol. The predicted molar refractivity (Wildman–Crippen MR) is 127 cm³/mol. The Morgan fingerprint density at radius 3 is 2.58 bits per heavy atom. The fraction of sp³-hybridized carbons (Fsp3) is 0.160. The summed E-state index contributed by atoms with van der Waals surface area (Å²) in [5, 5.41) is 5.57. The number of carbonyl (C=O) groups excluding carboxylic acids is 1. The number of pyridine rings is 1. The van der Waals surface area contributed by atoms with Gasteiger partial charge in [-0.3, -0.25) is 9.20 Å². The molecule has 2 aromatic heterocycles. The second-order valence-corrected chi connectivity index (χ2v) is 7.34. The van der Waals surface area contributed by atoms with Crippen molar-refractivity contribution in [2.24, 2.45) is 0 Å². The molecule has 0 atom stereocenters. The van der Waals surface area contributed by atoms with Crippen LogP contribution < -0.4 is 25.7 Å². The second kappa shape index (κ2) is 9.86. The van der Waals surface area contributed by atoms with Gasteiger partial charge in [-0.1, -0.05) is 18.2 Å². The lowest BCUT2D eigenvalue weighted by molar-refractivity contribution is 0.261. The molecule has 0 aliphatic rings. The minimum atomic E-state index is -0.410. The van der Waals surface area contributed by atoms with Crippen molar-refractivity contribution >= 4 is 23.1 Å². The van der Waals surface area contributed by atoms with Crippen molar-refractivity contribution in [3.05, 3.63) is 94.5 Å². The number of hydrogen-bond acceptors (Lipinski definition) is 5. The van der Waals surface area contributed by atoms with Crippen LogP contribution in [0.1, 0.15) is 18.2 Å². The van der Waals surface area contributed by atoms with E-state index in [4.69, 9.17) is 9.47 Å². The molecule has 0 unspecified atom stereocenters. The van der Waals surface area contributed by atoms with Crippen LogP contribution in [-0.2, 0) is 6.61 Å². The molecule has 0 spiro atoms. The summed E-state index contributed by atoms with van der Waals surface area (Å²) in [4.78, 5) is 29.4. The SMILES string of the molecule is CCOc1ccc(NC(=O)Nc2ccccc2OCc2cc(=O)n3cc(C)ccc3n2)cc1. The Morgan fingerprint density at radius 2 is 1.79 bits per heavy atom. The maximum absolute atomic E-state index is 12.5. The largest absolute Gasteiger partial charge is 0.494 e. The first-order valence-electron chi connectivity index (χ1n) is 10.5. The summed E-state index contributed by atoms with van der Waals surface area (Å²) in [6.07, 6.45) is 1.75. The van der Waals surface area contributed by atoms with E-state index in [1.807, 2.05) is 19.9 Å². The van der Waals surface area contributed by atoms with Crippen LogP contribution in [0.2, 0.25) is 0 Å². The number of hydrogen-bond donors (Lipinski definition) is 2. The van der Waals surface area contributed by atoms with E-state index < -0.39 is 6.03 Å².